The Morgan fingerprint density at radius 3 is 2.84 bits per heavy atom. The summed E-state index contributed by atoms with van der Waals surface area (Å²) in [6.07, 6.45) is 4.04. The van der Waals surface area contributed by atoms with Crippen molar-refractivity contribution in [3.8, 4) is 11.3 Å². The standard InChI is InChI=1S/C28H29ClN4O5/c1-37-26(35)14-17-9-10-20-21(13-17)31-25(34)8-3-2-7-23(27-30-16-22(20)32-27)33-12-11-24(38-28(33)36)18-5-4-6-19(29)15-18/h4-6,9-10,13,15-16,23-24H,2-3,7-8,11-12,14H2,1H3,(H,30,32)(H,31,34)/t23-,24?/m0/s1. The van der Waals surface area contributed by atoms with Gasteiger partial charge in [-0.15, -0.1) is 0 Å². The SMILES string of the molecule is COC(=O)Cc1ccc2c(c1)NC(=O)CCCC[C@H](N1CCC(c3cccc(Cl)c3)OC1=O)c1ncc-2[nH]1. The second kappa shape index (κ2) is 11.3. The van der Waals surface area contributed by atoms with Crippen molar-refractivity contribution in [1.29, 1.82) is 0 Å². The first-order valence-corrected chi connectivity index (χ1v) is 13.1. The van der Waals surface area contributed by atoms with Gasteiger partial charge in [0.15, 0.2) is 0 Å². The second-order valence-corrected chi connectivity index (χ2v) is 9.97. The number of nitrogens with one attached hydrogen (secondary N) is 2. The number of aromatic amines is 1. The average molecular weight is 537 g/mol. The molecule has 1 aromatic heterocycles. The molecule has 10 heteroatoms. The molecule has 2 atom stereocenters. The Kier molecular flexibility index (Phi) is 7.64. The lowest BCUT2D eigenvalue weighted by molar-refractivity contribution is -0.139. The van der Waals surface area contributed by atoms with Gasteiger partial charge in [-0.05, 0) is 42.2 Å². The molecule has 2 aliphatic rings. The molecule has 2 N–H and O–H groups in total. The van der Waals surface area contributed by atoms with Crippen LogP contribution >= 0.6 is 11.6 Å². The summed E-state index contributed by atoms with van der Waals surface area (Å²) in [5, 5.41) is 3.58. The van der Waals surface area contributed by atoms with Crippen LogP contribution in [0.25, 0.3) is 11.3 Å². The molecule has 2 aliphatic heterocycles. The maximum absolute atomic E-state index is 13.2. The van der Waals surface area contributed by atoms with Crippen molar-refractivity contribution in [3.63, 3.8) is 0 Å². The highest BCUT2D eigenvalue weighted by molar-refractivity contribution is 6.30. The van der Waals surface area contributed by atoms with Crippen molar-refractivity contribution in [3.05, 3.63) is 70.6 Å². The second-order valence-electron chi connectivity index (χ2n) is 9.53. The van der Waals surface area contributed by atoms with Crippen molar-refractivity contribution < 1.29 is 23.9 Å². The lowest BCUT2D eigenvalue weighted by Gasteiger charge is -2.36. The number of halogens is 1. The number of amides is 2. The predicted molar refractivity (Wildman–Crippen MR) is 142 cm³/mol. The van der Waals surface area contributed by atoms with Gasteiger partial charge < -0.3 is 19.8 Å². The van der Waals surface area contributed by atoms with Gasteiger partial charge >= 0.3 is 12.1 Å². The third-order valence-electron chi connectivity index (χ3n) is 6.97. The number of anilines is 1. The molecule has 2 bridgehead atoms. The van der Waals surface area contributed by atoms with Crippen LogP contribution in [-0.2, 0) is 25.5 Å². The maximum Gasteiger partial charge on any atom is 0.411 e. The van der Waals surface area contributed by atoms with Crippen molar-refractivity contribution in [1.82, 2.24) is 14.9 Å². The summed E-state index contributed by atoms with van der Waals surface area (Å²) in [6.45, 7) is 0.505. The van der Waals surface area contributed by atoms with Crippen LogP contribution in [0.5, 0.6) is 0 Å². The molecule has 0 spiro atoms. The Hall–Kier alpha value is -3.85. The van der Waals surface area contributed by atoms with E-state index in [9.17, 15) is 14.4 Å². The predicted octanol–water partition coefficient (Wildman–Crippen LogP) is 5.58. The van der Waals surface area contributed by atoms with Crippen LogP contribution in [-0.4, -0.2) is 46.5 Å². The smallest absolute Gasteiger partial charge is 0.411 e. The van der Waals surface area contributed by atoms with Gasteiger partial charge in [-0.1, -0.05) is 42.3 Å². The number of nitrogens with zero attached hydrogens (tertiary/aromatic N) is 2. The number of carbonyl (C=O) groups excluding carboxylic acids is 3. The van der Waals surface area contributed by atoms with E-state index in [4.69, 9.17) is 21.1 Å². The van der Waals surface area contributed by atoms with Crippen LogP contribution < -0.4 is 5.32 Å². The van der Waals surface area contributed by atoms with Crippen LogP contribution in [0, 0.1) is 0 Å². The van der Waals surface area contributed by atoms with Gasteiger partial charge in [-0.2, -0.15) is 0 Å². The average Bonchev–Trinajstić information content (AvgIpc) is 3.38. The number of fused-ring (bicyclic) bond motifs is 4. The van der Waals surface area contributed by atoms with Gasteiger partial charge in [0.2, 0.25) is 5.91 Å². The van der Waals surface area contributed by atoms with Gasteiger partial charge in [0.05, 0.1) is 37.2 Å². The first-order chi connectivity index (χ1) is 18.4. The Bertz CT molecular complexity index is 1360. The normalized spacial score (nSPS) is 19.9. The van der Waals surface area contributed by atoms with E-state index in [0.29, 0.717) is 54.5 Å². The molecule has 1 unspecified atom stereocenters. The van der Waals surface area contributed by atoms with E-state index < -0.39 is 6.09 Å². The molecule has 1 saturated heterocycles. The quantitative estimate of drug-likeness (QED) is 0.421. The van der Waals surface area contributed by atoms with Gasteiger partial charge in [-0.25, -0.2) is 9.78 Å². The zero-order valence-electron chi connectivity index (χ0n) is 21.0. The van der Waals surface area contributed by atoms with Crippen molar-refractivity contribution >= 4 is 35.3 Å². The molecule has 5 rings (SSSR count). The molecule has 2 amide bonds. The number of hydrogen-bond donors (Lipinski definition) is 2. The fourth-order valence-corrected chi connectivity index (χ4v) is 5.22. The molecule has 3 aromatic rings. The summed E-state index contributed by atoms with van der Waals surface area (Å²) in [6, 6.07) is 12.5. The Morgan fingerprint density at radius 1 is 1.18 bits per heavy atom. The van der Waals surface area contributed by atoms with Crippen molar-refractivity contribution in [2.45, 2.75) is 50.7 Å². The van der Waals surface area contributed by atoms with Gasteiger partial charge in [-0.3, -0.25) is 14.5 Å². The molecule has 0 radical (unpaired) electrons. The van der Waals surface area contributed by atoms with Gasteiger partial charge in [0.1, 0.15) is 11.9 Å². The minimum absolute atomic E-state index is 0.100. The molecule has 2 aromatic carbocycles. The van der Waals surface area contributed by atoms with Crippen LogP contribution in [0.15, 0.2) is 48.7 Å². The Morgan fingerprint density at radius 2 is 2.05 bits per heavy atom. The fraction of sp³-hybridized carbons (Fsp3) is 0.357. The number of imidazole rings is 1. The molecule has 0 saturated carbocycles. The molecule has 3 heterocycles. The minimum atomic E-state index is -0.401. The van der Waals surface area contributed by atoms with Crippen molar-refractivity contribution in [2.75, 3.05) is 19.0 Å². The van der Waals surface area contributed by atoms with Crippen molar-refractivity contribution in [2.24, 2.45) is 0 Å². The molecule has 0 aliphatic carbocycles. The largest absolute Gasteiger partial charge is 0.469 e. The first-order valence-electron chi connectivity index (χ1n) is 12.7. The molecular weight excluding hydrogens is 508 g/mol. The molecule has 9 nitrogen and oxygen atoms in total. The molecule has 38 heavy (non-hydrogen) atoms. The topological polar surface area (TPSA) is 114 Å². The minimum Gasteiger partial charge on any atom is -0.469 e. The molecule has 198 valence electrons. The number of esters is 1. The first kappa shape index (κ1) is 25.8. The monoisotopic (exact) mass is 536 g/mol. The molecular formula is C28H29ClN4O5. The zero-order chi connectivity index (χ0) is 26.6. The van der Waals surface area contributed by atoms with E-state index in [1.54, 1.807) is 23.2 Å². The van der Waals surface area contributed by atoms with E-state index in [1.807, 2.05) is 30.3 Å². The summed E-state index contributed by atoms with van der Waals surface area (Å²) in [5.74, 6) is 0.192. The van der Waals surface area contributed by atoms with Crippen LogP contribution in [0.3, 0.4) is 0 Å². The third-order valence-corrected chi connectivity index (χ3v) is 7.21. The van der Waals surface area contributed by atoms with E-state index in [2.05, 4.69) is 15.3 Å². The van der Waals surface area contributed by atoms with E-state index >= 15 is 0 Å². The summed E-state index contributed by atoms with van der Waals surface area (Å²) < 4.78 is 10.6. The fourth-order valence-electron chi connectivity index (χ4n) is 5.02. The number of H-pyrrole nitrogens is 1. The van der Waals surface area contributed by atoms with Crippen LogP contribution in [0.2, 0.25) is 5.02 Å². The highest BCUT2D eigenvalue weighted by Crippen LogP contribution is 2.36. The number of benzene rings is 2. The lowest BCUT2D eigenvalue weighted by Crippen LogP contribution is -2.42. The van der Waals surface area contributed by atoms with Crippen LogP contribution in [0.4, 0.5) is 10.5 Å². The third kappa shape index (κ3) is 5.67. The van der Waals surface area contributed by atoms with E-state index in [1.165, 1.54) is 7.11 Å². The maximum atomic E-state index is 13.2. The van der Waals surface area contributed by atoms with Gasteiger partial charge in [0.25, 0.3) is 0 Å². The number of hydrogen-bond acceptors (Lipinski definition) is 6. The number of carbonyl (C=O) groups is 3. The number of aromatic nitrogens is 2. The summed E-state index contributed by atoms with van der Waals surface area (Å²) in [4.78, 5) is 47.4. The van der Waals surface area contributed by atoms with E-state index in [0.717, 1.165) is 23.1 Å². The number of cyclic esters (lactones) is 1. The molecule has 1 fully saturated rings. The van der Waals surface area contributed by atoms with Gasteiger partial charge in [0, 0.05) is 30.0 Å². The highest BCUT2D eigenvalue weighted by Gasteiger charge is 2.35. The van der Waals surface area contributed by atoms with E-state index in [-0.39, 0.29) is 30.4 Å². The zero-order valence-corrected chi connectivity index (χ0v) is 21.8. The van der Waals surface area contributed by atoms with Crippen LogP contribution in [0.1, 0.15) is 61.2 Å². The summed E-state index contributed by atoms with van der Waals surface area (Å²) in [7, 11) is 1.34. The summed E-state index contributed by atoms with van der Waals surface area (Å²) in [5.41, 5.74) is 3.63. The number of rotatable bonds is 4. The number of ether oxygens (including phenoxy) is 2. The highest BCUT2D eigenvalue weighted by atomic mass is 35.5. The summed E-state index contributed by atoms with van der Waals surface area (Å²) >= 11 is 6.13. The number of methoxy groups -OCH3 is 1. The Labute approximate surface area is 225 Å². The Balaban J connectivity index is 1.42. The lowest BCUT2D eigenvalue weighted by atomic mass is 10.0.